The van der Waals surface area contributed by atoms with Crippen LogP contribution in [0.25, 0.3) is 0 Å². The normalized spacial score (nSPS) is 10.6. The summed E-state index contributed by atoms with van der Waals surface area (Å²) in [5.41, 5.74) is 2.95. The molecule has 1 radical (unpaired) electrons. The second kappa shape index (κ2) is 8.38. The summed E-state index contributed by atoms with van der Waals surface area (Å²) in [5, 5.41) is 0. The quantitative estimate of drug-likeness (QED) is 0.539. The first-order chi connectivity index (χ1) is 7.86. The Bertz CT molecular complexity index is 258. The van der Waals surface area contributed by atoms with Crippen LogP contribution in [0.1, 0.15) is 56.6 Å². The highest BCUT2D eigenvalue weighted by atomic mass is 14.0. The number of benzene rings is 1. The van der Waals surface area contributed by atoms with Gasteiger partial charge in [-0.05, 0) is 36.8 Å². The van der Waals surface area contributed by atoms with Crippen LogP contribution in [0.2, 0.25) is 0 Å². The van der Waals surface area contributed by atoms with Crippen molar-refractivity contribution in [1.29, 1.82) is 0 Å². The maximum Gasteiger partial charge on any atom is -0.0279 e. The van der Waals surface area contributed by atoms with E-state index in [1.807, 2.05) is 0 Å². The van der Waals surface area contributed by atoms with E-state index in [2.05, 4.69) is 38.1 Å². The van der Waals surface area contributed by atoms with Crippen molar-refractivity contribution < 1.29 is 0 Å². The summed E-state index contributed by atoms with van der Waals surface area (Å²) >= 11 is 0. The number of hydrogen-bond acceptors (Lipinski definition) is 0. The molecule has 0 atom stereocenters. The Labute approximate surface area is 101 Å². The largest absolute Gasteiger partial charge is 0.0654 e. The van der Waals surface area contributed by atoms with Crippen molar-refractivity contribution in [3.63, 3.8) is 0 Å². The molecule has 0 aliphatic heterocycles. The van der Waals surface area contributed by atoms with Gasteiger partial charge in [-0.2, -0.15) is 0 Å². The maximum absolute atomic E-state index is 3.88. The minimum absolute atomic E-state index is 1.04. The fourth-order valence-corrected chi connectivity index (χ4v) is 1.96. The summed E-state index contributed by atoms with van der Waals surface area (Å²) in [6.45, 7) is 6.14. The zero-order chi connectivity index (χ0) is 11.6. The number of hydrogen-bond donors (Lipinski definition) is 0. The van der Waals surface area contributed by atoms with Crippen LogP contribution in [0, 0.1) is 6.92 Å². The molecule has 0 nitrogen and oxygen atoms in total. The molecule has 0 spiro atoms. The van der Waals surface area contributed by atoms with Gasteiger partial charge in [-0.1, -0.05) is 63.8 Å². The van der Waals surface area contributed by atoms with Gasteiger partial charge in [-0.25, -0.2) is 0 Å². The Balaban J connectivity index is 2.27. The van der Waals surface area contributed by atoms with Gasteiger partial charge in [0.1, 0.15) is 0 Å². The topological polar surface area (TPSA) is 0 Å². The average Bonchev–Trinajstić information content (AvgIpc) is 2.33. The molecule has 0 saturated carbocycles. The first-order valence-electron chi connectivity index (χ1n) is 6.74. The average molecular weight is 217 g/mol. The Morgan fingerprint density at radius 1 is 0.812 bits per heavy atom. The van der Waals surface area contributed by atoms with Crippen molar-refractivity contribution in [3.8, 4) is 0 Å². The molecule has 0 aliphatic carbocycles. The minimum atomic E-state index is 1.04. The SMILES string of the molecule is [CH2]CCCc1ccc(CCCCCC)cc1. The van der Waals surface area contributed by atoms with Gasteiger partial charge in [0.05, 0.1) is 0 Å². The van der Waals surface area contributed by atoms with Crippen LogP contribution in [0.4, 0.5) is 0 Å². The van der Waals surface area contributed by atoms with Gasteiger partial charge < -0.3 is 0 Å². The van der Waals surface area contributed by atoms with Gasteiger partial charge in [-0.3, -0.25) is 0 Å². The van der Waals surface area contributed by atoms with Crippen molar-refractivity contribution in [3.05, 3.63) is 42.3 Å². The molecule has 0 heteroatoms. The number of rotatable bonds is 8. The summed E-state index contributed by atoms with van der Waals surface area (Å²) in [5.74, 6) is 0. The van der Waals surface area contributed by atoms with Crippen LogP contribution in [-0.2, 0) is 12.8 Å². The molecular weight excluding hydrogens is 192 g/mol. The third kappa shape index (κ3) is 5.34. The molecule has 1 aromatic carbocycles. The van der Waals surface area contributed by atoms with E-state index in [1.54, 1.807) is 0 Å². The second-order valence-electron chi connectivity index (χ2n) is 4.58. The Morgan fingerprint density at radius 2 is 1.38 bits per heavy atom. The van der Waals surface area contributed by atoms with Crippen molar-refractivity contribution in [2.75, 3.05) is 0 Å². The van der Waals surface area contributed by atoms with Gasteiger partial charge in [0.15, 0.2) is 0 Å². The van der Waals surface area contributed by atoms with E-state index < -0.39 is 0 Å². The van der Waals surface area contributed by atoms with E-state index in [9.17, 15) is 0 Å². The zero-order valence-corrected chi connectivity index (χ0v) is 10.7. The fourth-order valence-electron chi connectivity index (χ4n) is 1.96. The minimum Gasteiger partial charge on any atom is -0.0654 e. The Morgan fingerprint density at radius 3 is 1.88 bits per heavy atom. The third-order valence-electron chi connectivity index (χ3n) is 3.06. The monoisotopic (exact) mass is 217 g/mol. The number of unbranched alkanes of at least 4 members (excludes halogenated alkanes) is 4. The van der Waals surface area contributed by atoms with Crippen LogP contribution >= 0.6 is 0 Å². The first-order valence-corrected chi connectivity index (χ1v) is 6.74. The molecule has 0 unspecified atom stereocenters. The van der Waals surface area contributed by atoms with Crippen molar-refractivity contribution >= 4 is 0 Å². The van der Waals surface area contributed by atoms with Crippen LogP contribution in [0.15, 0.2) is 24.3 Å². The summed E-state index contributed by atoms with van der Waals surface area (Å²) in [7, 11) is 0. The van der Waals surface area contributed by atoms with Crippen molar-refractivity contribution in [2.24, 2.45) is 0 Å². The lowest BCUT2D eigenvalue weighted by molar-refractivity contribution is 0.666. The highest BCUT2D eigenvalue weighted by Gasteiger charge is 1.95. The van der Waals surface area contributed by atoms with E-state index in [1.165, 1.54) is 56.1 Å². The van der Waals surface area contributed by atoms with Gasteiger partial charge in [-0.15, -0.1) is 0 Å². The Hall–Kier alpha value is -0.780. The van der Waals surface area contributed by atoms with E-state index in [-0.39, 0.29) is 0 Å². The first kappa shape index (κ1) is 13.3. The predicted octanol–water partition coefficient (Wildman–Crippen LogP) is 4.97. The molecule has 0 heterocycles. The Kier molecular flexibility index (Phi) is 6.96. The van der Waals surface area contributed by atoms with Gasteiger partial charge >= 0.3 is 0 Å². The van der Waals surface area contributed by atoms with Crippen LogP contribution in [0.3, 0.4) is 0 Å². The fraction of sp³-hybridized carbons (Fsp3) is 0.562. The summed E-state index contributed by atoms with van der Waals surface area (Å²) < 4.78 is 0. The highest BCUT2D eigenvalue weighted by molar-refractivity contribution is 5.22. The molecule has 0 fully saturated rings. The van der Waals surface area contributed by atoms with Crippen LogP contribution in [0.5, 0.6) is 0 Å². The molecule has 0 saturated heterocycles. The van der Waals surface area contributed by atoms with Crippen LogP contribution in [-0.4, -0.2) is 0 Å². The highest BCUT2D eigenvalue weighted by Crippen LogP contribution is 2.11. The lowest BCUT2D eigenvalue weighted by Gasteiger charge is -2.03. The second-order valence-corrected chi connectivity index (χ2v) is 4.58. The zero-order valence-electron chi connectivity index (χ0n) is 10.7. The lowest BCUT2D eigenvalue weighted by Crippen LogP contribution is -1.88. The molecular formula is C16H25. The van der Waals surface area contributed by atoms with Crippen LogP contribution < -0.4 is 0 Å². The molecule has 16 heavy (non-hydrogen) atoms. The molecule has 0 aromatic heterocycles. The molecule has 1 rings (SSSR count). The molecule has 1 aromatic rings. The van der Waals surface area contributed by atoms with Crippen molar-refractivity contribution in [1.82, 2.24) is 0 Å². The third-order valence-corrected chi connectivity index (χ3v) is 3.06. The van der Waals surface area contributed by atoms with Gasteiger partial charge in [0, 0.05) is 0 Å². The lowest BCUT2D eigenvalue weighted by atomic mass is 10.0. The molecule has 89 valence electrons. The van der Waals surface area contributed by atoms with Crippen molar-refractivity contribution in [2.45, 2.75) is 58.3 Å². The molecule has 0 N–H and O–H groups in total. The molecule has 0 amide bonds. The predicted molar refractivity (Wildman–Crippen MR) is 72.6 cm³/mol. The van der Waals surface area contributed by atoms with E-state index in [0.717, 1.165) is 6.42 Å². The summed E-state index contributed by atoms with van der Waals surface area (Å²) in [4.78, 5) is 0. The number of aryl methyl sites for hydroxylation is 2. The molecule has 0 bridgehead atoms. The summed E-state index contributed by atoms with van der Waals surface area (Å²) in [6.07, 6.45) is 10.1. The van der Waals surface area contributed by atoms with Gasteiger partial charge in [0.25, 0.3) is 0 Å². The standard InChI is InChI=1S/C16H25/c1-3-5-7-8-10-16-13-11-15(12-14-16)9-6-4-2/h11-14H,2-10H2,1H3. The van der Waals surface area contributed by atoms with E-state index >= 15 is 0 Å². The maximum atomic E-state index is 3.88. The van der Waals surface area contributed by atoms with Gasteiger partial charge in [0.2, 0.25) is 0 Å². The summed E-state index contributed by atoms with van der Waals surface area (Å²) in [6, 6.07) is 9.16. The molecule has 0 aliphatic rings. The van der Waals surface area contributed by atoms with E-state index in [4.69, 9.17) is 0 Å². The smallest absolute Gasteiger partial charge is 0.0279 e. The van der Waals surface area contributed by atoms with E-state index in [0.29, 0.717) is 0 Å².